The molecule has 4 rings (SSSR count). The first-order valence-electron chi connectivity index (χ1n) is 9.28. The number of aliphatic hydroxyl groups excluding tert-OH is 1. The summed E-state index contributed by atoms with van der Waals surface area (Å²) in [5.41, 5.74) is 1.72. The van der Waals surface area contributed by atoms with Gasteiger partial charge in [-0.1, -0.05) is 0 Å². The number of aromatic nitrogens is 3. The first kappa shape index (κ1) is 17.0. The normalized spacial score (nSPS) is 23.5. The van der Waals surface area contributed by atoms with E-state index in [2.05, 4.69) is 15.4 Å². The van der Waals surface area contributed by atoms with Gasteiger partial charge in [0.25, 0.3) is 5.91 Å². The first-order chi connectivity index (χ1) is 12.6. The van der Waals surface area contributed by atoms with Gasteiger partial charge in [0.15, 0.2) is 0 Å². The van der Waals surface area contributed by atoms with E-state index in [-0.39, 0.29) is 18.1 Å². The molecule has 2 aliphatic rings. The van der Waals surface area contributed by atoms with Gasteiger partial charge in [-0.3, -0.25) is 9.48 Å². The second kappa shape index (κ2) is 7.07. The minimum atomic E-state index is -0.214. The van der Waals surface area contributed by atoms with Crippen LogP contribution in [-0.2, 0) is 7.05 Å². The van der Waals surface area contributed by atoms with Gasteiger partial charge in [0.05, 0.1) is 23.9 Å². The quantitative estimate of drug-likeness (QED) is 0.857. The number of nitrogens with zero attached hydrogens (tertiary/aromatic N) is 4. The van der Waals surface area contributed by atoms with Gasteiger partial charge in [0, 0.05) is 38.1 Å². The highest BCUT2D eigenvalue weighted by Gasteiger charge is 2.35. The van der Waals surface area contributed by atoms with Crippen LogP contribution in [0.5, 0.6) is 0 Å². The van der Waals surface area contributed by atoms with Crippen molar-refractivity contribution < 1.29 is 9.90 Å². The summed E-state index contributed by atoms with van der Waals surface area (Å²) in [6.07, 6.45) is 9.00. The molecule has 0 bridgehead atoms. The highest BCUT2D eigenvalue weighted by Crippen LogP contribution is 2.39. The highest BCUT2D eigenvalue weighted by atomic mass is 16.3. The van der Waals surface area contributed by atoms with E-state index in [0.717, 1.165) is 50.2 Å². The monoisotopic (exact) mass is 355 g/mol. The predicted octanol–water partition coefficient (Wildman–Crippen LogP) is 1.98. The third-order valence-electron chi connectivity index (χ3n) is 5.41. The molecule has 1 aliphatic carbocycles. The third-order valence-corrected chi connectivity index (χ3v) is 5.41. The summed E-state index contributed by atoms with van der Waals surface area (Å²) < 4.78 is 1.78. The Morgan fingerprint density at radius 1 is 1.27 bits per heavy atom. The molecule has 2 N–H and O–H groups in total. The van der Waals surface area contributed by atoms with Gasteiger partial charge in [0.2, 0.25) is 0 Å². The fraction of sp³-hybridized carbons (Fsp3) is 0.526. The van der Waals surface area contributed by atoms with Gasteiger partial charge in [0.1, 0.15) is 5.82 Å². The Hall–Kier alpha value is -2.41. The minimum absolute atomic E-state index is 0.0553. The lowest BCUT2D eigenvalue weighted by atomic mass is 9.75. The average molecular weight is 355 g/mol. The van der Waals surface area contributed by atoms with Crippen LogP contribution in [0.15, 0.2) is 30.7 Å². The van der Waals surface area contributed by atoms with Crippen LogP contribution >= 0.6 is 0 Å². The zero-order chi connectivity index (χ0) is 18.1. The van der Waals surface area contributed by atoms with Crippen molar-refractivity contribution >= 4 is 11.7 Å². The molecule has 2 aromatic rings. The molecule has 3 heterocycles. The molecule has 0 radical (unpaired) electrons. The van der Waals surface area contributed by atoms with Crippen LogP contribution in [0.3, 0.4) is 0 Å². The number of pyridine rings is 1. The number of likely N-dealkylation sites (tertiary alicyclic amines) is 1. The number of amides is 1. The summed E-state index contributed by atoms with van der Waals surface area (Å²) in [6, 6.07) is 3.76. The number of carbonyl (C=O) groups excluding carboxylic acids is 1. The molecular weight excluding hydrogens is 330 g/mol. The summed E-state index contributed by atoms with van der Waals surface area (Å²) in [5.74, 6) is 1.15. The summed E-state index contributed by atoms with van der Waals surface area (Å²) in [7, 11) is 1.90. The maximum atomic E-state index is 12.4. The van der Waals surface area contributed by atoms with Crippen molar-refractivity contribution in [1.29, 1.82) is 0 Å². The molecule has 0 unspecified atom stereocenters. The molecule has 138 valence electrons. The molecule has 0 aromatic carbocycles. The van der Waals surface area contributed by atoms with E-state index >= 15 is 0 Å². The second-order valence-corrected chi connectivity index (χ2v) is 7.39. The average Bonchev–Trinajstić information content (AvgIpc) is 3.29. The second-order valence-electron chi connectivity index (χ2n) is 7.39. The molecule has 1 saturated carbocycles. The van der Waals surface area contributed by atoms with Crippen molar-refractivity contribution in [1.82, 2.24) is 19.7 Å². The van der Waals surface area contributed by atoms with E-state index in [0.29, 0.717) is 11.5 Å². The molecule has 1 amide bonds. The number of anilines is 1. The molecule has 2 aromatic heterocycles. The van der Waals surface area contributed by atoms with Crippen molar-refractivity contribution in [2.45, 2.75) is 37.8 Å². The first-order valence-corrected chi connectivity index (χ1v) is 9.28. The van der Waals surface area contributed by atoms with Crippen molar-refractivity contribution in [3.8, 4) is 0 Å². The molecule has 7 heteroatoms. The van der Waals surface area contributed by atoms with Crippen LogP contribution in [0.1, 0.15) is 47.6 Å². The molecule has 26 heavy (non-hydrogen) atoms. The molecular formula is C19H25N5O2. The van der Waals surface area contributed by atoms with Crippen LogP contribution in [-0.4, -0.2) is 49.9 Å². The summed E-state index contributed by atoms with van der Waals surface area (Å²) in [5, 5.41) is 17.4. The smallest absolute Gasteiger partial charge is 0.255 e. The van der Waals surface area contributed by atoms with Gasteiger partial charge >= 0.3 is 0 Å². The number of rotatable bonds is 5. The van der Waals surface area contributed by atoms with Crippen LogP contribution in [0.4, 0.5) is 5.82 Å². The highest BCUT2D eigenvalue weighted by molar-refractivity contribution is 5.94. The summed E-state index contributed by atoms with van der Waals surface area (Å²) >= 11 is 0. The lowest BCUT2D eigenvalue weighted by Crippen LogP contribution is -2.36. The van der Waals surface area contributed by atoms with Gasteiger partial charge in [-0.25, -0.2) is 4.98 Å². The maximum Gasteiger partial charge on any atom is 0.255 e. The fourth-order valence-electron chi connectivity index (χ4n) is 3.84. The lowest BCUT2D eigenvalue weighted by molar-refractivity contribution is 0.0339. The summed E-state index contributed by atoms with van der Waals surface area (Å²) in [6.45, 7) is 1.68. The van der Waals surface area contributed by atoms with E-state index in [9.17, 15) is 9.90 Å². The zero-order valence-corrected chi connectivity index (χ0v) is 15.0. The molecule has 1 saturated heterocycles. The Kier molecular flexibility index (Phi) is 4.63. The predicted molar refractivity (Wildman–Crippen MR) is 97.7 cm³/mol. The summed E-state index contributed by atoms with van der Waals surface area (Å²) in [4.78, 5) is 18.8. The number of hydrogen-bond acceptors (Lipinski definition) is 5. The van der Waals surface area contributed by atoms with Crippen molar-refractivity contribution in [2.24, 2.45) is 13.0 Å². The number of hydrogen-bond donors (Lipinski definition) is 2. The topological polar surface area (TPSA) is 83.3 Å². The Labute approximate surface area is 153 Å². The Bertz CT molecular complexity index is 760. The minimum Gasteiger partial charge on any atom is -0.393 e. The van der Waals surface area contributed by atoms with Crippen LogP contribution in [0.25, 0.3) is 0 Å². The van der Waals surface area contributed by atoms with Crippen molar-refractivity contribution in [3.63, 3.8) is 0 Å². The SMILES string of the molecule is Cn1cc([C@@H](Nc2ccc(C(=O)N3CCCC3)cn2)C2CC(O)C2)cn1. The van der Waals surface area contributed by atoms with E-state index in [1.54, 1.807) is 10.9 Å². The molecule has 1 aliphatic heterocycles. The number of nitrogens with one attached hydrogen (secondary N) is 1. The molecule has 0 spiro atoms. The standard InChI is InChI=1S/C19H25N5O2/c1-23-12-15(11-21-23)18(14-8-16(25)9-14)22-17-5-4-13(10-20-17)19(26)24-6-2-3-7-24/h4-5,10-12,14,16,18,25H,2-3,6-9H2,1H3,(H,20,22)/t14?,16?,18-/m0/s1. The van der Waals surface area contributed by atoms with Crippen molar-refractivity contribution in [2.75, 3.05) is 18.4 Å². The fourth-order valence-corrected chi connectivity index (χ4v) is 3.84. The number of carbonyl (C=O) groups is 1. The van der Waals surface area contributed by atoms with E-state index in [1.165, 1.54) is 0 Å². The van der Waals surface area contributed by atoms with Gasteiger partial charge in [-0.15, -0.1) is 0 Å². The van der Waals surface area contributed by atoms with Crippen LogP contribution in [0.2, 0.25) is 0 Å². The van der Waals surface area contributed by atoms with E-state index < -0.39 is 0 Å². The molecule has 7 nitrogen and oxygen atoms in total. The van der Waals surface area contributed by atoms with Crippen LogP contribution in [0, 0.1) is 5.92 Å². The van der Waals surface area contributed by atoms with E-state index in [4.69, 9.17) is 0 Å². The largest absolute Gasteiger partial charge is 0.393 e. The maximum absolute atomic E-state index is 12.4. The zero-order valence-electron chi connectivity index (χ0n) is 15.0. The van der Waals surface area contributed by atoms with Gasteiger partial charge in [-0.05, 0) is 43.7 Å². The van der Waals surface area contributed by atoms with E-state index in [1.807, 2.05) is 36.5 Å². The van der Waals surface area contributed by atoms with Crippen molar-refractivity contribution in [3.05, 3.63) is 41.9 Å². The van der Waals surface area contributed by atoms with Crippen LogP contribution < -0.4 is 5.32 Å². The lowest BCUT2D eigenvalue weighted by Gasteiger charge is -2.38. The Balaban J connectivity index is 1.47. The number of aliphatic hydroxyl groups is 1. The number of aryl methyl sites for hydroxylation is 1. The third kappa shape index (κ3) is 3.44. The Morgan fingerprint density at radius 3 is 2.62 bits per heavy atom. The van der Waals surface area contributed by atoms with Gasteiger partial charge < -0.3 is 15.3 Å². The van der Waals surface area contributed by atoms with Gasteiger partial charge in [-0.2, -0.15) is 5.10 Å². The molecule has 2 fully saturated rings. The Morgan fingerprint density at radius 2 is 2.04 bits per heavy atom. The molecule has 1 atom stereocenters.